The lowest BCUT2D eigenvalue weighted by Crippen LogP contribution is -2.39. The fraction of sp³-hybridized carbons (Fsp3) is 0.348. The molecule has 7 nitrogen and oxygen atoms in total. The van der Waals surface area contributed by atoms with Crippen LogP contribution < -0.4 is 14.5 Å². The molecule has 2 amide bonds. The number of para-hydroxylation sites is 1. The second-order valence-corrected chi connectivity index (χ2v) is 8.54. The maximum atomic E-state index is 13.5. The van der Waals surface area contributed by atoms with E-state index in [0.717, 1.165) is 15.8 Å². The predicted octanol–water partition coefficient (Wildman–Crippen LogP) is 3.65. The largest absolute Gasteiger partial charge is 0.495 e. The van der Waals surface area contributed by atoms with Crippen molar-refractivity contribution < 1.29 is 19.1 Å². The molecule has 1 aliphatic heterocycles. The molecule has 4 rings (SSSR count). The molecule has 0 saturated carbocycles. The van der Waals surface area contributed by atoms with E-state index in [1.807, 2.05) is 49.4 Å². The summed E-state index contributed by atoms with van der Waals surface area (Å²) >= 11 is 1.47. The number of anilines is 2. The van der Waals surface area contributed by atoms with Gasteiger partial charge >= 0.3 is 0 Å². The van der Waals surface area contributed by atoms with E-state index in [0.29, 0.717) is 36.3 Å². The smallest absolute Gasteiger partial charge is 0.234 e. The van der Waals surface area contributed by atoms with Gasteiger partial charge in [0, 0.05) is 20.1 Å². The van der Waals surface area contributed by atoms with Crippen LogP contribution in [-0.2, 0) is 14.3 Å². The van der Waals surface area contributed by atoms with Crippen molar-refractivity contribution in [3.63, 3.8) is 0 Å². The Bertz CT molecular complexity index is 1080. The molecule has 1 saturated heterocycles. The van der Waals surface area contributed by atoms with Gasteiger partial charge in [0.1, 0.15) is 5.75 Å². The van der Waals surface area contributed by atoms with Gasteiger partial charge in [-0.15, -0.1) is 0 Å². The zero-order valence-electron chi connectivity index (χ0n) is 17.8. The Morgan fingerprint density at radius 2 is 2.06 bits per heavy atom. The third-order valence-electron chi connectivity index (χ3n) is 5.40. The number of rotatable bonds is 7. The van der Waals surface area contributed by atoms with E-state index in [-0.39, 0.29) is 18.2 Å². The first-order valence-electron chi connectivity index (χ1n) is 10.1. The van der Waals surface area contributed by atoms with Crippen LogP contribution in [0.1, 0.15) is 12.0 Å². The van der Waals surface area contributed by atoms with Gasteiger partial charge in [0.15, 0.2) is 5.13 Å². The van der Waals surface area contributed by atoms with Gasteiger partial charge in [-0.25, -0.2) is 4.98 Å². The molecule has 1 atom stereocenters. The average molecular weight is 440 g/mol. The number of thiazole rings is 1. The summed E-state index contributed by atoms with van der Waals surface area (Å²) in [5.74, 6) is -0.0344. The van der Waals surface area contributed by atoms with E-state index in [2.05, 4.69) is 4.98 Å². The lowest BCUT2D eigenvalue weighted by atomic mass is 10.1. The van der Waals surface area contributed by atoms with E-state index in [4.69, 9.17) is 9.47 Å². The summed E-state index contributed by atoms with van der Waals surface area (Å²) in [6.45, 7) is 3.04. The number of nitrogens with zero attached hydrogens (tertiary/aromatic N) is 3. The molecule has 8 heteroatoms. The fourth-order valence-electron chi connectivity index (χ4n) is 3.80. The number of carbonyl (C=O) groups is 2. The Labute approximate surface area is 185 Å². The zero-order chi connectivity index (χ0) is 22.0. The maximum Gasteiger partial charge on any atom is 0.234 e. The molecule has 2 heterocycles. The van der Waals surface area contributed by atoms with E-state index >= 15 is 0 Å². The second-order valence-electron chi connectivity index (χ2n) is 7.53. The second kappa shape index (κ2) is 9.03. The van der Waals surface area contributed by atoms with Gasteiger partial charge in [-0.3, -0.25) is 14.5 Å². The third kappa shape index (κ3) is 4.26. The van der Waals surface area contributed by atoms with Crippen molar-refractivity contribution in [2.45, 2.75) is 13.3 Å². The number of benzene rings is 2. The number of hydrogen-bond donors (Lipinski definition) is 0. The first kappa shape index (κ1) is 21.3. The van der Waals surface area contributed by atoms with E-state index in [1.165, 1.54) is 11.3 Å². The summed E-state index contributed by atoms with van der Waals surface area (Å²) in [5, 5.41) is 0.627. The van der Waals surface area contributed by atoms with Crippen molar-refractivity contribution in [3.8, 4) is 5.75 Å². The minimum Gasteiger partial charge on any atom is -0.495 e. The summed E-state index contributed by atoms with van der Waals surface area (Å²) in [7, 11) is 3.18. The molecule has 0 spiro atoms. The van der Waals surface area contributed by atoms with Crippen LogP contribution in [0.25, 0.3) is 10.2 Å². The number of aryl methyl sites for hydroxylation is 1. The molecule has 0 N–H and O–H groups in total. The summed E-state index contributed by atoms with van der Waals surface area (Å²) in [6, 6.07) is 13.5. The molecule has 0 bridgehead atoms. The molecule has 1 fully saturated rings. The Morgan fingerprint density at radius 1 is 1.26 bits per heavy atom. The summed E-state index contributed by atoms with van der Waals surface area (Å²) < 4.78 is 11.7. The fourth-order valence-corrected chi connectivity index (χ4v) is 4.79. The highest BCUT2D eigenvalue weighted by Gasteiger charge is 2.39. The molecule has 162 valence electrons. The zero-order valence-corrected chi connectivity index (χ0v) is 18.6. The minimum atomic E-state index is -0.457. The number of carbonyl (C=O) groups excluding carboxylic acids is 2. The van der Waals surface area contributed by atoms with Crippen molar-refractivity contribution in [2.75, 3.05) is 43.7 Å². The highest BCUT2D eigenvalue weighted by Crippen LogP contribution is 2.36. The molecule has 0 radical (unpaired) electrons. The topological polar surface area (TPSA) is 72.0 Å². The van der Waals surface area contributed by atoms with Crippen LogP contribution >= 0.6 is 11.3 Å². The normalized spacial score (nSPS) is 16.2. The van der Waals surface area contributed by atoms with Crippen molar-refractivity contribution >= 4 is 44.2 Å². The standard InChI is InChI=1S/C23H25N3O4S/c1-15-8-9-19(30-3)18(12-15)26-14-16(13-21(26)27)22(28)25(10-11-29-2)23-24-17-6-4-5-7-20(17)31-23/h4-9,12,16H,10-11,13-14H2,1-3H3. The molecule has 0 aliphatic carbocycles. The Hall–Kier alpha value is -2.97. The minimum absolute atomic E-state index is 0.0850. The summed E-state index contributed by atoms with van der Waals surface area (Å²) in [4.78, 5) is 34.3. The third-order valence-corrected chi connectivity index (χ3v) is 6.46. The maximum absolute atomic E-state index is 13.5. The van der Waals surface area contributed by atoms with Crippen LogP contribution in [0.5, 0.6) is 5.75 Å². The highest BCUT2D eigenvalue weighted by molar-refractivity contribution is 7.22. The van der Waals surface area contributed by atoms with Crippen molar-refractivity contribution in [2.24, 2.45) is 5.92 Å². The molecule has 3 aromatic rings. The van der Waals surface area contributed by atoms with Gasteiger partial charge in [0.05, 0.1) is 42.1 Å². The van der Waals surface area contributed by atoms with Gasteiger partial charge in [-0.05, 0) is 36.8 Å². The Morgan fingerprint density at radius 3 is 2.81 bits per heavy atom. The highest BCUT2D eigenvalue weighted by atomic mass is 32.1. The molecule has 1 aliphatic rings. The predicted molar refractivity (Wildman–Crippen MR) is 122 cm³/mol. The Balaban J connectivity index is 1.60. The van der Waals surface area contributed by atoms with E-state index < -0.39 is 5.92 Å². The average Bonchev–Trinajstić information content (AvgIpc) is 3.37. The van der Waals surface area contributed by atoms with Crippen LogP contribution in [0.3, 0.4) is 0 Å². The van der Waals surface area contributed by atoms with Crippen LogP contribution in [0.2, 0.25) is 0 Å². The summed E-state index contributed by atoms with van der Waals surface area (Å²) in [5.41, 5.74) is 2.58. The van der Waals surface area contributed by atoms with Gasteiger partial charge < -0.3 is 14.4 Å². The monoisotopic (exact) mass is 439 g/mol. The number of aromatic nitrogens is 1. The first-order valence-corrected chi connectivity index (χ1v) is 10.9. The van der Waals surface area contributed by atoms with Gasteiger partial charge in [0.25, 0.3) is 0 Å². The molecular weight excluding hydrogens is 414 g/mol. The number of methoxy groups -OCH3 is 2. The number of amides is 2. The number of fused-ring (bicyclic) bond motifs is 1. The Kier molecular flexibility index (Phi) is 6.20. The first-order chi connectivity index (χ1) is 15.0. The lowest BCUT2D eigenvalue weighted by molar-refractivity contribution is -0.124. The van der Waals surface area contributed by atoms with Gasteiger partial charge in [-0.2, -0.15) is 0 Å². The molecule has 31 heavy (non-hydrogen) atoms. The number of hydrogen-bond acceptors (Lipinski definition) is 6. The van der Waals surface area contributed by atoms with Crippen LogP contribution in [0.15, 0.2) is 42.5 Å². The van der Waals surface area contributed by atoms with Crippen molar-refractivity contribution in [1.82, 2.24) is 4.98 Å². The SMILES string of the molecule is COCCN(C(=O)C1CC(=O)N(c2cc(C)ccc2OC)C1)c1nc2ccccc2s1. The van der Waals surface area contributed by atoms with Crippen molar-refractivity contribution in [3.05, 3.63) is 48.0 Å². The van der Waals surface area contributed by atoms with Crippen LogP contribution in [-0.4, -0.2) is 50.7 Å². The van der Waals surface area contributed by atoms with Crippen LogP contribution in [0, 0.1) is 12.8 Å². The summed E-state index contributed by atoms with van der Waals surface area (Å²) in [6.07, 6.45) is 0.157. The van der Waals surface area contributed by atoms with Crippen molar-refractivity contribution in [1.29, 1.82) is 0 Å². The molecule has 1 unspecified atom stereocenters. The molecule has 2 aromatic carbocycles. The van der Waals surface area contributed by atoms with Crippen LogP contribution in [0.4, 0.5) is 10.8 Å². The van der Waals surface area contributed by atoms with E-state index in [1.54, 1.807) is 24.0 Å². The molecule has 1 aromatic heterocycles. The lowest BCUT2D eigenvalue weighted by Gasteiger charge is -2.23. The van der Waals surface area contributed by atoms with Gasteiger partial charge in [-0.1, -0.05) is 29.5 Å². The quantitative estimate of drug-likeness (QED) is 0.562. The molecular formula is C23H25N3O4S. The van der Waals surface area contributed by atoms with E-state index in [9.17, 15) is 9.59 Å². The number of ether oxygens (including phenoxy) is 2. The van der Waals surface area contributed by atoms with Gasteiger partial charge in [0.2, 0.25) is 11.8 Å².